The minimum Gasteiger partial charge on any atom is -0.455 e. The number of hydrogen-bond donors (Lipinski definition) is 0. The Bertz CT molecular complexity index is 625. The molecule has 0 saturated heterocycles. The lowest BCUT2D eigenvalue weighted by molar-refractivity contribution is -0.158. The Labute approximate surface area is 153 Å². The molecule has 1 rings (SSSR count). The van der Waals surface area contributed by atoms with Gasteiger partial charge in [-0.1, -0.05) is 65.8 Å². The van der Waals surface area contributed by atoms with Crippen molar-refractivity contribution < 1.29 is 28.7 Å². The largest absolute Gasteiger partial charge is 0.455 e. The van der Waals surface area contributed by atoms with E-state index in [-0.39, 0.29) is 13.2 Å². The molecule has 0 aliphatic heterocycles. The van der Waals surface area contributed by atoms with Crippen LogP contribution in [-0.4, -0.2) is 23.5 Å². The molecule has 6 nitrogen and oxygen atoms in total. The van der Waals surface area contributed by atoms with Gasteiger partial charge in [0.15, 0.2) is 0 Å². The van der Waals surface area contributed by atoms with Crippen molar-refractivity contribution in [2.75, 3.05) is 0 Å². The van der Waals surface area contributed by atoms with E-state index >= 15 is 0 Å². The molecule has 0 unspecified atom stereocenters. The molecule has 142 valence electrons. The second-order valence-electron chi connectivity index (χ2n) is 8.13. The van der Waals surface area contributed by atoms with Gasteiger partial charge in [-0.05, 0) is 11.1 Å². The Morgan fingerprint density at radius 1 is 0.654 bits per heavy atom. The van der Waals surface area contributed by atoms with Crippen molar-refractivity contribution >= 4 is 23.5 Å². The Morgan fingerprint density at radius 2 is 0.923 bits per heavy atom. The summed E-state index contributed by atoms with van der Waals surface area (Å²) in [6.07, 6.45) is 0. The molecule has 0 heterocycles. The highest BCUT2D eigenvalue weighted by atomic mass is 16.5. The van der Waals surface area contributed by atoms with Gasteiger partial charge in [0.05, 0.1) is 0 Å². The predicted molar refractivity (Wildman–Crippen MR) is 95.0 cm³/mol. The number of rotatable bonds is 6. The SMILES string of the molecule is CC(C)(C)C(=O)C(=O)OCc1ccc(COC(=O)C(=O)C(C)(C)C)cc1. The third-order valence-corrected chi connectivity index (χ3v) is 3.50. The fourth-order valence-electron chi connectivity index (χ4n) is 1.77. The van der Waals surface area contributed by atoms with Gasteiger partial charge >= 0.3 is 11.9 Å². The smallest absolute Gasteiger partial charge is 0.375 e. The Morgan fingerprint density at radius 3 is 1.15 bits per heavy atom. The van der Waals surface area contributed by atoms with E-state index in [2.05, 4.69) is 0 Å². The maximum absolute atomic E-state index is 11.8. The Balaban J connectivity index is 2.54. The monoisotopic (exact) mass is 362 g/mol. The topological polar surface area (TPSA) is 86.7 Å². The molecule has 0 aromatic heterocycles. The molecule has 6 heteroatoms. The first kappa shape index (κ1) is 21.5. The van der Waals surface area contributed by atoms with Crippen LogP contribution in [0.1, 0.15) is 52.7 Å². The van der Waals surface area contributed by atoms with E-state index in [0.717, 1.165) is 0 Å². The Hall–Kier alpha value is -2.50. The minimum atomic E-state index is -0.865. The van der Waals surface area contributed by atoms with Crippen molar-refractivity contribution in [2.45, 2.75) is 54.8 Å². The van der Waals surface area contributed by atoms with Gasteiger partial charge in [-0.3, -0.25) is 9.59 Å². The van der Waals surface area contributed by atoms with Gasteiger partial charge in [0.1, 0.15) is 13.2 Å². The van der Waals surface area contributed by atoms with Gasteiger partial charge in [-0.25, -0.2) is 9.59 Å². The van der Waals surface area contributed by atoms with Crippen molar-refractivity contribution in [2.24, 2.45) is 10.8 Å². The van der Waals surface area contributed by atoms with Crippen LogP contribution in [0, 0.1) is 10.8 Å². The van der Waals surface area contributed by atoms with E-state index < -0.39 is 34.3 Å². The van der Waals surface area contributed by atoms with Crippen LogP contribution >= 0.6 is 0 Å². The van der Waals surface area contributed by atoms with Crippen LogP contribution in [0.4, 0.5) is 0 Å². The highest BCUT2D eigenvalue weighted by molar-refractivity contribution is 6.35. The first-order valence-corrected chi connectivity index (χ1v) is 8.33. The van der Waals surface area contributed by atoms with E-state index in [1.165, 1.54) is 0 Å². The zero-order valence-corrected chi connectivity index (χ0v) is 16.2. The molecule has 1 aromatic carbocycles. The summed E-state index contributed by atoms with van der Waals surface area (Å²) in [6, 6.07) is 6.79. The zero-order valence-electron chi connectivity index (χ0n) is 16.2. The fraction of sp³-hybridized carbons (Fsp3) is 0.500. The first-order valence-electron chi connectivity index (χ1n) is 8.33. The second kappa shape index (κ2) is 8.25. The highest BCUT2D eigenvalue weighted by Crippen LogP contribution is 2.17. The maximum Gasteiger partial charge on any atom is 0.375 e. The van der Waals surface area contributed by atoms with Crippen molar-refractivity contribution in [1.82, 2.24) is 0 Å². The van der Waals surface area contributed by atoms with Crippen LogP contribution in [0.2, 0.25) is 0 Å². The first-order chi connectivity index (χ1) is 11.8. The summed E-state index contributed by atoms with van der Waals surface area (Å²) in [6.45, 7) is 9.85. The van der Waals surface area contributed by atoms with E-state index in [4.69, 9.17) is 9.47 Å². The quantitative estimate of drug-likeness (QED) is 0.571. The van der Waals surface area contributed by atoms with Crippen molar-refractivity contribution in [3.05, 3.63) is 35.4 Å². The Kier molecular flexibility index (Phi) is 6.84. The average Bonchev–Trinajstić information content (AvgIpc) is 2.55. The van der Waals surface area contributed by atoms with Crippen LogP contribution in [0.25, 0.3) is 0 Å². The predicted octanol–water partition coefficient (Wildman–Crippen LogP) is 3.00. The number of Topliss-reactive ketones (excluding diaryl/α,β-unsaturated/α-hetero) is 2. The third kappa shape index (κ3) is 6.43. The summed E-state index contributed by atoms with van der Waals surface area (Å²) in [5.41, 5.74) is -0.174. The summed E-state index contributed by atoms with van der Waals surface area (Å²) in [5, 5.41) is 0. The van der Waals surface area contributed by atoms with Crippen LogP contribution in [0.3, 0.4) is 0 Å². The molecule has 0 bridgehead atoms. The normalized spacial score (nSPS) is 11.6. The van der Waals surface area contributed by atoms with Crippen LogP contribution in [0.15, 0.2) is 24.3 Å². The van der Waals surface area contributed by atoms with Crippen molar-refractivity contribution in [3.63, 3.8) is 0 Å². The maximum atomic E-state index is 11.8. The summed E-state index contributed by atoms with van der Waals surface area (Å²) >= 11 is 0. The van der Waals surface area contributed by atoms with Crippen molar-refractivity contribution in [1.29, 1.82) is 0 Å². The number of ketones is 2. The van der Waals surface area contributed by atoms with Gasteiger partial charge in [-0.2, -0.15) is 0 Å². The van der Waals surface area contributed by atoms with Gasteiger partial charge in [0.2, 0.25) is 11.6 Å². The molecule has 0 aliphatic carbocycles. The third-order valence-electron chi connectivity index (χ3n) is 3.50. The zero-order chi connectivity index (χ0) is 20.1. The fourth-order valence-corrected chi connectivity index (χ4v) is 1.77. The lowest BCUT2D eigenvalue weighted by Crippen LogP contribution is -2.30. The van der Waals surface area contributed by atoms with Gasteiger partial charge in [-0.15, -0.1) is 0 Å². The number of esters is 2. The second-order valence-corrected chi connectivity index (χ2v) is 8.13. The molecule has 0 N–H and O–H groups in total. The lowest BCUT2D eigenvalue weighted by atomic mass is 9.91. The van der Waals surface area contributed by atoms with E-state index in [0.29, 0.717) is 11.1 Å². The number of hydrogen-bond acceptors (Lipinski definition) is 6. The number of carbonyl (C=O) groups excluding carboxylic acids is 4. The average molecular weight is 362 g/mol. The summed E-state index contributed by atoms with van der Waals surface area (Å²) in [5.74, 6) is -2.89. The van der Waals surface area contributed by atoms with Crippen LogP contribution < -0.4 is 0 Å². The highest BCUT2D eigenvalue weighted by Gasteiger charge is 2.30. The number of ether oxygens (including phenoxy) is 2. The molecule has 0 spiro atoms. The minimum absolute atomic E-state index is 0.0246. The molecular formula is C20H26O6. The molecule has 0 saturated carbocycles. The summed E-state index contributed by atoms with van der Waals surface area (Å²) < 4.78 is 10.0. The van der Waals surface area contributed by atoms with Gasteiger partial charge < -0.3 is 9.47 Å². The molecule has 1 aromatic rings. The summed E-state index contributed by atoms with van der Waals surface area (Å²) in [7, 11) is 0. The van der Waals surface area contributed by atoms with Gasteiger partial charge in [0, 0.05) is 10.8 Å². The lowest BCUT2D eigenvalue weighted by Gasteiger charge is -2.15. The molecule has 0 aliphatic rings. The number of carbonyl (C=O) groups is 4. The van der Waals surface area contributed by atoms with Crippen LogP contribution in [0.5, 0.6) is 0 Å². The molecule has 0 fully saturated rings. The molecule has 0 radical (unpaired) electrons. The molecular weight excluding hydrogens is 336 g/mol. The van der Waals surface area contributed by atoms with E-state index in [9.17, 15) is 19.2 Å². The number of benzene rings is 1. The van der Waals surface area contributed by atoms with Gasteiger partial charge in [0.25, 0.3) is 0 Å². The standard InChI is InChI=1S/C20H26O6/c1-19(2,3)15(21)17(23)25-11-13-7-9-14(10-8-13)12-26-18(24)16(22)20(4,5)6/h7-10H,11-12H2,1-6H3. The van der Waals surface area contributed by atoms with E-state index in [1.807, 2.05) is 0 Å². The van der Waals surface area contributed by atoms with Crippen LogP contribution in [-0.2, 0) is 41.9 Å². The van der Waals surface area contributed by atoms with E-state index in [1.54, 1.807) is 65.8 Å². The molecule has 26 heavy (non-hydrogen) atoms. The van der Waals surface area contributed by atoms with Crippen molar-refractivity contribution in [3.8, 4) is 0 Å². The summed E-state index contributed by atoms with van der Waals surface area (Å²) in [4.78, 5) is 46.9. The molecule has 0 amide bonds. The molecule has 0 atom stereocenters.